The van der Waals surface area contributed by atoms with Crippen molar-refractivity contribution in [2.45, 2.75) is 66.7 Å². The Hall–Kier alpha value is -0.900. The molecular weight excluding hydrogens is 242 g/mol. The first-order valence-corrected chi connectivity index (χ1v) is 7.02. The Labute approximate surface area is 117 Å². The molecule has 19 heavy (non-hydrogen) atoms. The zero-order chi connectivity index (χ0) is 15.3. The van der Waals surface area contributed by atoms with E-state index in [2.05, 4.69) is 0 Å². The normalized spacial score (nSPS) is 15.2. The molecule has 0 aromatic carbocycles. The van der Waals surface area contributed by atoms with Crippen LogP contribution >= 0.6 is 0 Å². The number of hydrogen-bond acceptors (Lipinski definition) is 4. The predicted molar refractivity (Wildman–Crippen MR) is 76.9 cm³/mol. The molecule has 112 valence electrons. The average Bonchev–Trinajstić information content (AvgIpc) is 2.26. The maximum atomic E-state index is 12.5. The number of carbonyl (C=O) groups excluding carboxylic acids is 2. The molecule has 0 aromatic rings. The quantitative estimate of drug-likeness (QED) is 0.667. The molecule has 0 bridgehead atoms. The van der Waals surface area contributed by atoms with Gasteiger partial charge in [-0.25, -0.2) is 0 Å². The maximum Gasteiger partial charge on any atom is 0.302 e. The lowest BCUT2D eigenvalue weighted by atomic mass is 9.89. The number of esters is 1. The first-order valence-electron chi connectivity index (χ1n) is 7.02. The summed E-state index contributed by atoms with van der Waals surface area (Å²) in [4.78, 5) is 25.8. The third-order valence-corrected chi connectivity index (χ3v) is 3.38. The second kappa shape index (κ2) is 7.63. The van der Waals surface area contributed by atoms with Crippen molar-refractivity contribution < 1.29 is 14.3 Å². The molecule has 4 heteroatoms. The summed E-state index contributed by atoms with van der Waals surface area (Å²) in [6, 6.07) is -0.173. The summed E-state index contributed by atoms with van der Waals surface area (Å²) in [7, 11) is 1.91. The second-order valence-electron chi connectivity index (χ2n) is 6.08. The Kier molecular flexibility index (Phi) is 7.27. The standard InChI is InChI=1S/C15H29NO3/c1-9(2)14(18)13(16(8)11(5)6)15(10(3)4)19-12(7)17/h9-11,13,15H,1-8H3/t13?,15-/m1/s1. The molecule has 0 saturated heterocycles. The molecule has 4 nitrogen and oxygen atoms in total. The molecule has 0 N–H and O–H groups in total. The maximum absolute atomic E-state index is 12.5. The van der Waals surface area contributed by atoms with E-state index < -0.39 is 6.10 Å². The SMILES string of the molecule is CC(=O)O[C@H](C(C)C)C(C(=O)C(C)C)N(C)C(C)C. The Bertz CT molecular complexity index is 311. The van der Waals surface area contributed by atoms with Crippen molar-refractivity contribution in [2.75, 3.05) is 7.05 Å². The number of likely N-dealkylation sites (N-methyl/N-ethyl adjacent to an activating group) is 1. The third kappa shape index (κ3) is 5.31. The largest absolute Gasteiger partial charge is 0.460 e. The summed E-state index contributed by atoms with van der Waals surface area (Å²) in [5.74, 6) is -0.200. The van der Waals surface area contributed by atoms with E-state index in [1.807, 2.05) is 53.5 Å². The highest BCUT2D eigenvalue weighted by Gasteiger charge is 2.37. The van der Waals surface area contributed by atoms with Crippen molar-refractivity contribution in [3.8, 4) is 0 Å². The highest BCUT2D eigenvalue weighted by atomic mass is 16.5. The van der Waals surface area contributed by atoms with Crippen molar-refractivity contribution in [1.29, 1.82) is 0 Å². The molecule has 0 aromatic heterocycles. The molecule has 0 heterocycles. The smallest absolute Gasteiger partial charge is 0.302 e. The average molecular weight is 271 g/mol. The van der Waals surface area contributed by atoms with E-state index in [1.54, 1.807) is 0 Å². The highest BCUT2D eigenvalue weighted by Crippen LogP contribution is 2.21. The van der Waals surface area contributed by atoms with Crippen LogP contribution in [0.5, 0.6) is 0 Å². The number of hydrogen-bond donors (Lipinski definition) is 0. The molecule has 0 amide bonds. The van der Waals surface area contributed by atoms with Gasteiger partial charge in [0.15, 0.2) is 5.78 Å². The van der Waals surface area contributed by atoms with Crippen LogP contribution < -0.4 is 0 Å². The highest BCUT2D eigenvalue weighted by molar-refractivity contribution is 5.86. The number of ether oxygens (including phenoxy) is 1. The summed E-state index contributed by atoms with van der Waals surface area (Å²) >= 11 is 0. The lowest BCUT2D eigenvalue weighted by Crippen LogP contribution is -2.54. The zero-order valence-corrected chi connectivity index (χ0v) is 13.6. The van der Waals surface area contributed by atoms with E-state index in [9.17, 15) is 9.59 Å². The van der Waals surface area contributed by atoms with Crippen LogP contribution in [0, 0.1) is 11.8 Å². The van der Waals surface area contributed by atoms with Gasteiger partial charge >= 0.3 is 5.97 Å². The van der Waals surface area contributed by atoms with E-state index in [4.69, 9.17) is 4.74 Å². The van der Waals surface area contributed by atoms with Gasteiger partial charge in [0.25, 0.3) is 0 Å². The molecule has 0 spiro atoms. The molecular formula is C15H29NO3. The minimum Gasteiger partial charge on any atom is -0.460 e. The summed E-state index contributed by atoms with van der Waals surface area (Å²) in [6.45, 7) is 13.2. The van der Waals surface area contributed by atoms with Crippen LogP contribution in [0.4, 0.5) is 0 Å². The van der Waals surface area contributed by atoms with Gasteiger partial charge in [0.05, 0.1) is 0 Å². The Balaban J connectivity index is 5.39. The van der Waals surface area contributed by atoms with Gasteiger partial charge < -0.3 is 4.74 Å². The topological polar surface area (TPSA) is 46.6 Å². The van der Waals surface area contributed by atoms with Crippen LogP contribution in [0.2, 0.25) is 0 Å². The lowest BCUT2D eigenvalue weighted by Gasteiger charge is -2.38. The van der Waals surface area contributed by atoms with Crippen LogP contribution in [0.1, 0.15) is 48.5 Å². The second-order valence-corrected chi connectivity index (χ2v) is 6.08. The molecule has 0 fully saturated rings. The zero-order valence-electron chi connectivity index (χ0n) is 13.6. The molecule has 0 radical (unpaired) electrons. The molecule has 0 rings (SSSR count). The van der Waals surface area contributed by atoms with E-state index in [-0.39, 0.29) is 35.7 Å². The predicted octanol–water partition coefficient (Wildman–Crippen LogP) is 2.51. The van der Waals surface area contributed by atoms with Gasteiger partial charge in [0.2, 0.25) is 0 Å². The van der Waals surface area contributed by atoms with Gasteiger partial charge in [-0.05, 0) is 26.8 Å². The van der Waals surface area contributed by atoms with Crippen molar-refractivity contribution in [2.24, 2.45) is 11.8 Å². The molecule has 2 atom stereocenters. The van der Waals surface area contributed by atoms with Gasteiger partial charge in [-0.1, -0.05) is 27.7 Å². The first-order chi connectivity index (χ1) is 8.59. The molecule has 0 saturated carbocycles. The molecule has 0 aliphatic carbocycles. The van der Waals surface area contributed by atoms with Gasteiger partial charge in [0.1, 0.15) is 12.1 Å². The van der Waals surface area contributed by atoms with Gasteiger partial charge in [-0.3, -0.25) is 14.5 Å². The minimum atomic E-state index is -0.403. The summed E-state index contributed by atoms with van der Waals surface area (Å²) in [5, 5.41) is 0. The number of nitrogens with zero attached hydrogens (tertiary/aromatic N) is 1. The van der Waals surface area contributed by atoms with Crippen LogP contribution in [-0.4, -0.2) is 41.9 Å². The Morgan fingerprint density at radius 1 is 1.00 bits per heavy atom. The van der Waals surface area contributed by atoms with E-state index >= 15 is 0 Å². The lowest BCUT2D eigenvalue weighted by molar-refractivity contribution is -0.156. The fourth-order valence-electron chi connectivity index (χ4n) is 2.01. The fraction of sp³-hybridized carbons (Fsp3) is 0.867. The molecule has 0 aliphatic rings. The van der Waals surface area contributed by atoms with Crippen molar-refractivity contribution >= 4 is 11.8 Å². The molecule has 1 unspecified atom stereocenters. The monoisotopic (exact) mass is 271 g/mol. The minimum absolute atomic E-state index is 0.0805. The fourth-order valence-corrected chi connectivity index (χ4v) is 2.01. The van der Waals surface area contributed by atoms with Gasteiger partial charge in [0, 0.05) is 18.9 Å². The Morgan fingerprint density at radius 3 is 1.74 bits per heavy atom. The van der Waals surface area contributed by atoms with Crippen LogP contribution in [0.25, 0.3) is 0 Å². The van der Waals surface area contributed by atoms with Crippen LogP contribution in [0.3, 0.4) is 0 Å². The number of Topliss-reactive ketones (excluding diaryl/α,β-unsaturated/α-hetero) is 1. The van der Waals surface area contributed by atoms with Crippen LogP contribution in [0.15, 0.2) is 0 Å². The third-order valence-electron chi connectivity index (χ3n) is 3.38. The van der Waals surface area contributed by atoms with Gasteiger partial charge in [-0.2, -0.15) is 0 Å². The molecule has 0 aliphatic heterocycles. The van der Waals surface area contributed by atoms with Crippen molar-refractivity contribution in [3.63, 3.8) is 0 Å². The van der Waals surface area contributed by atoms with Gasteiger partial charge in [-0.15, -0.1) is 0 Å². The van der Waals surface area contributed by atoms with Crippen molar-refractivity contribution in [3.05, 3.63) is 0 Å². The van der Waals surface area contributed by atoms with Crippen LogP contribution in [-0.2, 0) is 14.3 Å². The Morgan fingerprint density at radius 2 is 1.47 bits per heavy atom. The summed E-state index contributed by atoms with van der Waals surface area (Å²) < 4.78 is 5.42. The summed E-state index contributed by atoms with van der Waals surface area (Å²) in [6.07, 6.45) is -0.403. The van der Waals surface area contributed by atoms with Crippen molar-refractivity contribution in [1.82, 2.24) is 4.90 Å². The van der Waals surface area contributed by atoms with E-state index in [1.165, 1.54) is 6.92 Å². The van der Waals surface area contributed by atoms with E-state index in [0.29, 0.717) is 0 Å². The first kappa shape index (κ1) is 18.1. The van der Waals surface area contributed by atoms with E-state index in [0.717, 1.165) is 0 Å². The number of rotatable bonds is 7. The number of ketones is 1. The summed E-state index contributed by atoms with van der Waals surface area (Å²) in [5.41, 5.74) is 0. The number of carbonyl (C=O) groups is 2.